The maximum Gasteiger partial charge on any atom is 0.252 e. The molecule has 1 heterocycles. The van der Waals surface area contributed by atoms with Gasteiger partial charge < -0.3 is 9.15 Å². The van der Waals surface area contributed by atoms with Crippen LogP contribution in [0.4, 0.5) is 5.88 Å². The second-order valence-electron chi connectivity index (χ2n) is 5.64. The first-order valence-corrected chi connectivity index (χ1v) is 8.64. The van der Waals surface area contributed by atoms with Gasteiger partial charge in [0.1, 0.15) is 11.8 Å². The van der Waals surface area contributed by atoms with E-state index in [2.05, 4.69) is 36.3 Å². The van der Waals surface area contributed by atoms with E-state index in [1.165, 1.54) is 0 Å². The first kappa shape index (κ1) is 18.5. The lowest BCUT2D eigenvalue weighted by Gasteiger charge is -2.05. The first-order valence-electron chi connectivity index (χ1n) is 8.64. The van der Waals surface area contributed by atoms with Gasteiger partial charge >= 0.3 is 0 Å². The number of benzene rings is 1. The molecule has 1 N–H and O–H groups in total. The summed E-state index contributed by atoms with van der Waals surface area (Å²) >= 11 is 0. The maximum absolute atomic E-state index is 9.20. The van der Waals surface area contributed by atoms with Crippen molar-refractivity contribution in [2.45, 2.75) is 46.0 Å². The number of ether oxygens (including phenoxy) is 1. The molecule has 0 saturated heterocycles. The van der Waals surface area contributed by atoms with Gasteiger partial charge in [0, 0.05) is 5.92 Å². The van der Waals surface area contributed by atoms with Gasteiger partial charge in [-0.2, -0.15) is 10.4 Å². The Morgan fingerprint density at radius 1 is 1.28 bits per heavy atom. The summed E-state index contributed by atoms with van der Waals surface area (Å²) in [7, 11) is 0. The molecule has 0 aliphatic carbocycles. The van der Waals surface area contributed by atoms with E-state index >= 15 is 0 Å². The summed E-state index contributed by atoms with van der Waals surface area (Å²) in [5, 5.41) is 13.3. The van der Waals surface area contributed by atoms with Crippen LogP contribution < -0.4 is 10.2 Å². The second-order valence-corrected chi connectivity index (χ2v) is 5.64. The molecule has 6 heteroatoms. The molecule has 0 aliphatic rings. The van der Waals surface area contributed by atoms with Crippen LogP contribution in [0.3, 0.4) is 0 Å². The quantitative estimate of drug-likeness (QED) is 0.529. The third-order valence-electron chi connectivity index (χ3n) is 3.82. The van der Waals surface area contributed by atoms with E-state index in [9.17, 15) is 5.26 Å². The van der Waals surface area contributed by atoms with E-state index in [1.54, 1.807) is 6.21 Å². The zero-order valence-corrected chi connectivity index (χ0v) is 15.0. The topological polar surface area (TPSA) is 83.4 Å². The Morgan fingerprint density at radius 3 is 2.60 bits per heavy atom. The Morgan fingerprint density at radius 2 is 2.00 bits per heavy atom. The fourth-order valence-electron chi connectivity index (χ4n) is 2.34. The molecule has 1 aromatic carbocycles. The van der Waals surface area contributed by atoms with Crippen molar-refractivity contribution in [2.75, 3.05) is 12.0 Å². The van der Waals surface area contributed by atoms with Crippen molar-refractivity contribution in [1.29, 1.82) is 5.26 Å². The van der Waals surface area contributed by atoms with Crippen LogP contribution in [0.5, 0.6) is 5.75 Å². The Hall–Kier alpha value is -2.81. The Labute approximate surface area is 148 Å². The summed E-state index contributed by atoms with van der Waals surface area (Å²) in [6.45, 7) is 6.92. The molecule has 0 saturated carbocycles. The number of hydrogen-bond donors (Lipinski definition) is 1. The number of anilines is 1. The van der Waals surface area contributed by atoms with Crippen molar-refractivity contribution in [3.63, 3.8) is 0 Å². The summed E-state index contributed by atoms with van der Waals surface area (Å²) in [6, 6.07) is 9.67. The minimum absolute atomic E-state index is 0.210. The van der Waals surface area contributed by atoms with Crippen LogP contribution in [0.25, 0.3) is 0 Å². The summed E-state index contributed by atoms with van der Waals surface area (Å²) < 4.78 is 11.2. The highest BCUT2D eigenvalue weighted by atomic mass is 16.5. The molecule has 0 amide bonds. The molecule has 0 radical (unpaired) electrons. The summed E-state index contributed by atoms with van der Waals surface area (Å²) in [5.41, 5.74) is 3.91. The van der Waals surface area contributed by atoms with Gasteiger partial charge in [0.05, 0.1) is 12.8 Å². The summed E-state index contributed by atoms with van der Waals surface area (Å²) in [6.07, 6.45) is 4.46. The van der Waals surface area contributed by atoms with Gasteiger partial charge in [0.2, 0.25) is 11.6 Å². The van der Waals surface area contributed by atoms with Crippen LogP contribution >= 0.6 is 0 Å². The third kappa shape index (κ3) is 5.08. The Kier molecular flexibility index (Phi) is 7.02. The van der Waals surface area contributed by atoms with Gasteiger partial charge in [-0.3, -0.25) is 0 Å². The molecule has 1 aromatic heterocycles. The van der Waals surface area contributed by atoms with Gasteiger partial charge in [0.25, 0.3) is 5.88 Å². The molecule has 0 atom stereocenters. The SMILES string of the molecule is CCCOc1ccc(/C=N/Nc2oc(C(CC)CC)nc2C#N)cc1. The average molecular weight is 340 g/mol. The number of hydrazone groups is 1. The van der Waals surface area contributed by atoms with Crippen LogP contribution in [-0.2, 0) is 0 Å². The standard InChI is InChI=1S/C19H24N4O2/c1-4-11-24-16-9-7-14(8-10-16)13-21-23-19-17(12-20)22-18(25-19)15(5-2)6-3/h7-10,13,15,23H,4-6,11H2,1-3H3/b21-13+. The largest absolute Gasteiger partial charge is 0.494 e. The zero-order chi connectivity index (χ0) is 18.1. The highest BCUT2D eigenvalue weighted by Crippen LogP contribution is 2.27. The van der Waals surface area contributed by atoms with E-state index in [1.807, 2.05) is 30.3 Å². The van der Waals surface area contributed by atoms with Crippen molar-refractivity contribution < 1.29 is 9.15 Å². The van der Waals surface area contributed by atoms with E-state index in [-0.39, 0.29) is 17.5 Å². The highest BCUT2D eigenvalue weighted by Gasteiger charge is 2.18. The molecule has 6 nitrogen and oxygen atoms in total. The lowest BCUT2D eigenvalue weighted by molar-refractivity contribution is 0.317. The predicted octanol–water partition coefficient (Wildman–Crippen LogP) is 4.68. The van der Waals surface area contributed by atoms with E-state index in [0.717, 1.165) is 30.6 Å². The van der Waals surface area contributed by atoms with Crippen LogP contribution in [0.1, 0.15) is 63.1 Å². The fraction of sp³-hybridized carbons (Fsp3) is 0.421. The monoisotopic (exact) mass is 340 g/mol. The van der Waals surface area contributed by atoms with Crippen LogP contribution in [0.15, 0.2) is 33.8 Å². The lowest BCUT2D eigenvalue weighted by Crippen LogP contribution is -1.95. The molecule has 2 aromatic rings. The minimum Gasteiger partial charge on any atom is -0.494 e. The Balaban J connectivity index is 2.02. The lowest BCUT2D eigenvalue weighted by atomic mass is 10.0. The molecule has 0 aliphatic heterocycles. The molecule has 25 heavy (non-hydrogen) atoms. The number of nitrogens with zero attached hydrogens (tertiary/aromatic N) is 3. The predicted molar refractivity (Wildman–Crippen MR) is 98.0 cm³/mol. The number of oxazole rings is 1. The van der Waals surface area contributed by atoms with Crippen molar-refractivity contribution in [3.8, 4) is 11.8 Å². The van der Waals surface area contributed by atoms with Crippen molar-refractivity contribution in [2.24, 2.45) is 5.10 Å². The second kappa shape index (κ2) is 9.48. The number of rotatable bonds is 9. The fourth-order valence-corrected chi connectivity index (χ4v) is 2.34. The molecule has 0 spiro atoms. The van der Waals surface area contributed by atoms with Gasteiger partial charge in [-0.05, 0) is 49.1 Å². The highest BCUT2D eigenvalue weighted by molar-refractivity contribution is 5.80. The number of aromatic nitrogens is 1. The maximum atomic E-state index is 9.20. The van der Waals surface area contributed by atoms with Gasteiger partial charge in [0.15, 0.2) is 0 Å². The summed E-state index contributed by atoms with van der Waals surface area (Å²) in [5.74, 6) is 1.91. The number of hydrogen-bond acceptors (Lipinski definition) is 6. The van der Waals surface area contributed by atoms with Crippen LogP contribution in [-0.4, -0.2) is 17.8 Å². The zero-order valence-electron chi connectivity index (χ0n) is 15.0. The molecular formula is C19H24N4O2. The smallest absolute Gasteiger partial charge is 0.252 e. The Bertz CT molecular complexity index is 725. The van der Waals surface area contributed by atoms with Crippen molar-refractivity contribution in [3.05, 3.63) is 41.4 Å². The van der Waals surface area contributed by atoms with E-state index in [0.29, 0.717) is 12.5 Å². The molecule has 0 unspecified atom stereocenters. The number of nitrogens with one attached hydrogen (secondary N) is 1. The molecule has 0 fully saturated rings. The first-order chi connectivity index (χ1) is 12.2. The van der Waals surface area contributed by atoms with Gasteiger partial charge in [-0.25, -0.2) is 10.4 Å². The van der Waals surface area contributed by atoms with Gasteiger partial charge in [-0.15, -0.1) is 0 Å². The minimum atomic E-state index is 0.210. The van der Waals surface area contributed by atoms with E-state index in [4.69, 9.17) is 9.15 Å². The normalized spacial score (nSPS) is 11.0. The molecular weight excluding hydrogens is 316 g/mol. The van der Waals surface area contributed by atoms with Crippen molar-refractivity contribution >= 4 is 12.1 Å². The van der Waals surface area contributed by atoms with Crippen LogP contribution in [0.2, 0.25) is 0 Å². The third-order valence-corrected chi connectivity index (χ3v) is 3.82. The average Bonchev–Trinajstić information content (AvgIpc) is 3.05. The van der Waals surface area contributed by atoms with E-state index < -0.39 is 0 Å². The van der Waals surface area contributed by atoms with Crippen molar-refractivity contribution in [1.82, 2.24) is 4.98 Å². The number of nitriles is 1. The molecule has 132 valence electrons. The van der Waals surface area contributed by atoms with Crippen LogP contribution in [0, 0.1) is 11.3 Å². The van der Waals surface area contributed by atoms with Gasteiger partial charge in [-0.1, -0.05) is 20.8 Å². The molecule has 2 rings (SSSR count). The molecule has 0 bridgehead atoms. The summed E-state index contributed by atoms with van der Waals surface area (Å²) in [4.78, 5) is 4.26.